The Balaban J connectivity index is 1.35. The molecule has 0 atom stereocenters. The van der Waals surface area contributed by atoms with Crippen LogP contribution in [0.5, 0.6) is 17.2 Å². The van der Waals surface area contributed by atoms with E-state index in [0.29, 0.717) is 18.1 Å². The third-order valence-corrected chi connectivity index (χ3v) is 4.77. The van der Waals surface area contributed by atoms with Gasteiger partial charge in [-0.3, -0.25) is 4.90 Å². The van der Waals surface area contributed by atoms with Crippen molar-refractivity contribution in [3.63, 3.8) is 0 Å². The van der Waals surface area contributed by atoms with Gasteiger partial charge >= 0.3 is 6.18 Å². The maximum atomic E-state index is 12.6. The van der Waals surface area contributed by atoms with Crippen molar-refractivity contribution < 1.29 is 22.6 Å². The van der Waals surface area contributed by atoms with Gasteiger partial charge in [-0.05, 0) is 80.8 Å². The summed E-state index contributed by atoms with van der Waals surface area (Å²) in [7, 11) is 0. The summed E-state index contributed by atoms with van der Waals surface area (Å²) in [5, 5.41) is 0. The molecule has 6 heteroatoms. The van der Waals surface area contributed by atoms with Gasteiger partial charge in [0, 0.05) is 13.1 Å². The van der Waals surface area contributed by atoms with E-state index >= 15 is 0 Å². The van der Waals surface area contributed by atoms with Gasteiger partial charge in [0.15, 0.2) is 0 Å². The highest BCUT2D eigenvalue weighted by Crippen LogP contribution is 2.31. The molecule has 0 N–H and O–H groups in total. The molecular weight excluding hydrogens is 379 g/mol. The van der Waals surface area contributed by atoms with Crippen molar-refractivity contribution in [2.75, 3.05) is 26.2 Å². The summed E-state index contributed by atoms with van der Waals surface area (Å²) in [6.45, 7) is 4.03. The lowest BCUT2D eigenvalue weighted by molar-refractivity contribution is -0.137. The van der Waals surface area contributed by atoms with E-state index in [1.165, 1.54) is 18.6 Å². The zero-order chi connectivity index (χ0) is 20.5. The predicted molar refractivity (Wildman–Crippen MR) is 108 cm³/mol. The Morgan fingerprint density at radius 3 is 2.07 bits per heavy atom. The second-order valence-corrected chi connectivity index (χ2v) is 7.07. The smallest absolute Gasteiger partial charge is 0.416 e. The van der Waals surface area contributed by atoms with Gasteiger partial charge in [-0.1, -0.05) is 12.2 Å². The fourth-order valence-electron chi connectivity index (χ4n) is 3.15. The molecule has 0 bridgehead atoms. The first-order chi connectivity index (χ1) is 14.0. The van der Waals surface area contributed by atoms with Crippen molar-refractivity contribution in [2.24, 2.45) is 0 Å². The number of hydrogen-bond donors (Lipinski definition) is 0. The maximum Gasteiger partial charge on any atom is 0.416 e. The summed E-state index contributed by atoms with van der Waals surface area (Å²) in [5.41, 5.74) is -0.693. The predicted octanol–water partition coefficient (Wildman–Crippen LogP) is 6.31. The molecule has 0 radical (unpaired) electrons. The SMILES string of the molecule is FC(F)(F)c1ccc(Oc2ccc(OCCCCCN3CC=CCC3)cc2)cc1. The summed E-state index contributed by atoms with van der Waals surface area (Å²) < 4.78 is 49.1. The first kappa shape index (κ1) is 21.2. The lowest BCUT2D eigenvalue weighted by Gasteiger charge is -2.22. The van der Waals surface area contributed by atoms with Crippen LogP contribution in [0.2, 0.25) is 0 Å². The highest BCUT2D eigenvalue weighted by molar-refractivity contribution is 5.36. The normalized spacial score (nSPS) is 14.7. The van der Waals surface area contributed by atoms with Crippen LogP contribution < -0.4 is 9.47 Å². The maximum absolute atomic E-state index is 12.6. The topological polar surface area (TPSA) is 21.7 Å². The average Bonchev–Trinajstić information content (AvgIpc) is 2.72. The molecule has 2 aromatic rings. The van der Waals surface area contributed by atoms with E-state index in [1.54, 1.807) is 24.3 Å². The second-order valence-electron chi connectivity index (χ2n) is 7.07. The zero-order valence-electron chi connectivity index (χ0n) is 16.3. The van der Waals surface area contributed by atoms with Crippen molar-refractivity contribution in [1.29, 1.82) is 0 Å². The number of hydrogen-bond acceptors (Lipinski definition) is 3. The third-order valence-electron chi connectivity index (χ3n) is 4.77. The number of halogens is 3. The van der Waals surface area contributed by atoms with Gasteiger partial charge < -0.3 is 9.47 Å². The highest BCUT2D eigenvalue weighted by atomic mass is 19.4. The molecule has 0 unspecified atom stereocenters. The quantitative estimate of drug-likeness (QED) is 0.360. The van der Waals surface area contributed by atoms with Crippen molar-refractivity contribution in [1.82, 2.24) is 4.90 Å². The average molecular weight is 405 g/mol. The molecule has 29 heavy (non-hydrogen) atoms. The molecule has 156 valence electrons. The number of benzene rings is 2. The Kier molecular flexibility index (Phi) is 7.58. The summed E-state index contributed by atoms with van der Waals surface area (Å²) in [5.74, 6) is 1.66. The first-order valence-electron chi connectivity index (χ1n) is 9.96. The van der Waals surface area contributed by atoms with Crippen LogP contribution >= 0.6 is 0 Å². The van der Waals surface area contributed by atoms with Gasteiger partial charge in [0.2, 0.25) is 0 Å². The minimum atomic E-state index is -4.34. The number of rotatable bonds is 9. The molecule has 0 saturated carbocycles. The summed E-state index contributed by atoms with van der Waals surface area (Å²) in [4.78, 5) is 2.47. The van der Waals surface area contributed by atoms with Crippen LogP contribution in [-0.4, -0.2) is 31.1 Å². The van der Waals surface area contributed by atoms with E-state index in [9.17, 15) is 13.2 Å². The van der Waals surface area contributed by atoms with Gasteiger partial charge in [-0.25, -0.2) is 0 Å². The number of alkyl halides is 3. The van der Waals surface area contributed by atoms with E-state index in [4.69, 9.17) is 9.47 Å². The van der Waals surface area contributed by atoms with Crippen LogP contribution in [0, 0.1) is 0 Å². The van der Waals surface area contributed by atoms with Gasteiger partial charge in [0.1, 0.15) is 17.2 Å². The summed E-state index contributed by atoms with van der Waals surface area (Å²) >= 11 is 0. The second kappa shape index (κ2) is 10.3. The zero-order valence-corrected chi connectivity index (χ0v) is 16.3. The van der Waals surface area contributed by atoms with E-state index < -0.39 is 11.7 Å². The van der Waals surface area contributed by atoms with Gasteiger partial charge in [-0.15, -0.1) is 0 Å². The molecule has 0 saturated heterocycles. The highest BCUT2D eigenvalue weighted by Gasteiger charge is 2.30. The number of nitrogens with zero attached hydrogens (tertiary/aromatic N) is 1. The van der Waals surface area contributed by atoms with Gasteiger partial charge in [0.05, 0.1) is 12.2 Å². The molecule has 0 fully saturated rings. The molecule has 0 amide bonds. The molecule has 2 aromatic carbocycles. The van der Waals surface area contributed by atoms with Crippen LogP contribution in [0.25, 0.3) is 0 Å². The Morgan fingerprint density at radius 1 is 0.793 bits per heavy atom. The van der Waals surface area contributed by atoms with Gasteiger partial charge in [0.25, 0.3) is 0 Å². The molecule has 0 aromatic heterocycles. The fraction of sp³-hybridized carbons (Fsp3) is 0.391. The molecule has 3 nitrogen and oxygen atoms in total. The standard InChI is InChI=1S/C23H26F3NO2/c24-23(25,26)19-7-9-21(10-8-19)29-22-13-11-20(12-14-22)28-18-6-2-5-17-27-15-3-1-4-16-27/h1,3,7-14H,2,4-6,15-18H2. The van der Waals surface area contributed by atoms with Crippen LogP contribution in [-0.2, 0) is 6.18 Å². The molecule has 1 aliphatic rings. The molecule has 0 spiro atoms. The molecule has 1 aliphatic heterocycles. The molecule has 0 aliphatic carbocycles. The molecule has 3 rings (SSSR count). The van der Waals surface area contributed by atoms with Gasteiger partial charge in [-0.2, -0.15) is 13.2 Å². The summed E-state index contributed by atoms with van der Waals surface area (Å²) in [6.07, 6.45) is 4.60. The first-order valence-corrected chi connectivity index (χ1v) is 9.96. The Bertz CT molecular complexity index is 770. The van der Waals surface area contributed by atoms with Crippen molar-refractivity contribution in [3.05, 3.63) is 66.2 Å². The van der Waals surface area contributed by atoms with Crippen LogP contribution in [0.1, 0.15) is 31.2 Å². The lowest BCUT2D eigenvalue weighted by Crippen LogP contribution is -2.28. The lowest BCUT2D eigenvalue weighted by atomic mass is 10.2. The third kappa shape index (κ3) is 7.13. The number of ether oxygens (including phenoxy) is 2. The Labute approximate surface area is 169 Å². The van der Waals surface area contributed by atoms with E-state index in [-0.39, 0.29) is 0 Å². The number of unbranched alkanes of at least 4 members (excludes halogenated alkanes) is 2. The fourth-order valence-corrected chi connectivity index (χ4v) is 3.15. The van der Waals surface area contributed by atoms with Crippen molar-refractivity contribution in [2.45, 2.75) is 31.9 Å². The van der Waals surface area contributed by atoms with Crippen LogP contribution in [0.3, 0.4) is 0 Å². The minimum Gasteiger partial charge on any atom is -0.494 e. The molecule has 1 heterocycles. The van der Waals surface area contributed by atoms with E-state index in [1.807, 2.05) is 0 Å². The largest absolute Gasteiger partial charge is 0.494 e. The summed E-state index contributed by atoms with van der Waals surface area (Å²) in [6, 6.07) is 11.7. The van der Waals surface area contributed by atoms with Crippen LogP contribution in [0.4, 0.5) is 13.2 Å². The van der Waals surface area contributed by atoms with Crippen molar-refractivity contribution in [3.8, 4) is 17.2 Å². The Morgan fingerprint density at radius 2 is 1.45 bits per heavy atom. The van der Waals surface area contributed by atoms with E-state index in [2.05, 4.69) is 17.1 Å². The minimum absolute atomic E-state index is 0.357. The molecular formula is C23H26F3NO2. The van der Waals surface area contributed by atoms with Crippen molar-refractivity contribution >= 4 is 0 Å². The van der Waals surface area contributed by atoms with Crippen LogP contribution in [0.15, 0.2) is 60.7 Å². The monoisotopic (exact) mass is 405 g/mol. The van der Waals surface area contributed by atoms with E-state index in [0.717, 1.165) is 56.8 Å². The Hall–Kier alpha value is -2.47.